The lowest BCUT2D eigenvalue weighted by Gasteiger charge is -2.10. The fraction of sp³-hybridized carbons (Fsp3) is 0.683. The second-order valence-electron chi connectivity index (χ2n) is 13.4. The van der Waals surface area contributed by atoms with E-state index in [-0.39, 0.29) is 0 Å². The zero-order chi connectivity index (χ0) is 31.5. The molecule has 0 bridgehead atoms. The maximum atomic E-state index is 4.58. The first-order valence-electron chi connectivity index (χ1n) is 18.6. The number of benzene rings is 2. The first-order chi connectivity index (χ1) is 21.6. The number of para-hydroxylation sites is 2. The lowest BCUT2D eigenvalue weighted by molar-refractivity contribution is 0.389. The molecule has 0 saturated carbocycles. The average Bonchev–Trinajstić information content (AvgIpc) is 3.03. The van der Waals surface area contributed by atoms with E-state index in [0.717, 1.165) is 15.0 Å². The molecule has 0 aliphatic rings. The van der Waals surface area contributed by atoms with Gasteiger partial charge in [0.1, 0.15) is 0 Å². The first-order valence-corrected chi connectivity index (χ1v) is 19.9. The van der Waals surface area contributed by atoms with Crippen LogP contribution in [-0.4, -0.2) is 34.4 Å². The fourth-order valence-corrected chi connectivity index (χ4v) is 6.98. The summed E-state index contributed by atoms with van der Waals surface area (Å²) in [5.74, 6) is 0. The largest absolute Gasteiger partial charge is 0.309 e. The van der Waals surface area contributed by atoms with E-state index >= 15 is 0 Å². The van der Waals surface area contributed by atoms with Crippen molar-refractivity contribution >= 4 is 44.4 Å². The molecule has 1 aromatic heterocycles. The van der Waals surface area contributed by atoms with Crippen LogP contribution in [0.5, 0.6) is 0 Å². The highest BCUT2D eigenvalue weighted by Crippen LogP contribution is 2.21. The van der Waals surface area contributed by atoms with Gasteiger partial charge in [-0.1, -0.05) is 194 Å². The zero-order valence-electron chi connectivity index (χ0n) is 29.0. The van der Waals surface area contributed by atoms with Gasteiger partial charge in [0.25, 0.3) is 0 Å². The molecule has 248 valence electrons. The Morgan fingerprint density at radius 3 is 1.30 bits per heavy atom. The Kier molecular flexibility index (Phi) is 23.9. The highest BCUT2D eigenvalue weighted by Gasteiger charge is 2.04. The molecule has 0 aliphatic heterocycles. The first kappa shape index (κ1) is 39.0. The van der Waals surface area contributed by atoms with Crippen molar-refractivity contribution in [3.05, 3.63) is 54.6 Å². The molecule has 2 nitrogen and oxygen atoms in total. The minimum absolute atomic E-state index is 0.931. The van der Waals surface area contributed by atoms with Crippen LogP contribution in [0.1, 0.15) is 155 Å². The van der Waals surface area contributed by atoms with Crippen LogP contribution in [0, 0.1) is 0 Å². The molecule has 1 heterocycles. The Bertz CT molecular complexity index is 960. The maximum absolute atomic E-state index is 4.58. The van der Waals surface area contributed by atoms with Gasteiger partial charge in [-0.25, -0.2) is 4.98 Å². The number of rotatable bonds is 25. The van der Waals surface area contributed by atoms with Crippen molar-refractivity contribution < 1.29 is 0 Å². The molecule has 0 saturated heterocycles. The molecule has 3 heteroatoms. The van der Waals surface area contributed by atoms with Gasteiger partial charge in [0.05, 0.1) is 11.0 Å². The van der Waals surface area contributed by atoms with Crippen LogP contribution in [0.3, 0.4) is 0 Å². The van der Waals surface area contributed by atoms with Gasteiger partial charge in [0.2, 0.25) is 0 Å². The van der Waals surface area contributed by atoms with Crippen LogP contribution < -0.4 is 0 Å². The summed E-state index contributed by atoms with van der Waals surface area (Å²) in [7, 11) is 4.36. The molecule has 0 spiro atoms. The number of pyridine rings is 1. The molecular formula is C41H67IN2. The topological polar surface area (TPSA) is 16.1 Å². The number of nitrogens with zero attached hydrogens (tertiary/aromatic N) is 2. The lowest BCUT2D eigenvalue weighted by atomic mass is 10.0. The SMILES string of the molecule is CCCCCCCCCCCCCCCCC(I)CCCCCCCCCN(C)C.c1ccc2nc3ccccc3cc2c1. The van der Waals surface area contributed by atoms with E-state index in [1.807, 2.05) is 36.4 Å². The quantitative estimate of drug-likeness (QED) is 0.0376. The van der Waals surface area contributed by atoms with Crippen LogP contribution in [0.4, 0.5) is 0 Å². The van der Waals surface area contributed by atoms with Crippen molar-refractivity contribution in [3.8, 4) is 0 Å². The summed E-state index contributed by atoms with van der Waals surface area (Å²) in [5, 5.41) is 2.40. The average molecular weight is 715 g/mol. The van der Waals surface area contributed by atoms with E-state index in [0.29, 0.717) is 0 Å². The normalized spacial score (nSPS) is 12.1. The minimum atomic E-state index is 0.931. The molecule has 0 amide bonds. The summed E-state index contributed by atoms with van der Waals surface area (Å²) in [6.45, 7) is 3.56. The number of halogens is 1. The number of hydrogen-bond acceptors (Lipinski definition) is 2. The van der Waals surface area contributed by atoms with E-state index in [1.165, 1.54) is 165 Å². The van der Waals surface area contributed by atoms with Crippen molar-refractivity contribution in [2.75, 3.05) is 20.6 Å². The molecule has 0 radical (unpaired) electrons. The van der Waals surface area contributed by atoms with E-state index in [4.69, 9.17) is 0 Å². The molecular weight excluding hydrogens is 647 g/mol. The second kappa shape index (κ2) is 27.0. The highest BCUT2D eigenvalue weighted by molar-refractivity contribution is 14.1. The van der Waals surface area contributed by atoms with Gasteiger partial charge in [0.15, 0.2) is 0 Å². The van der Waals surface area contributed by atoms with E-state index < -0.39 is 0 Å². The molecule has 1 unspecified atom stereocenters. The summed E-state index contributed by atoms with van der Waals surface area (Å²) < 4.78 is 0.931. The minimum Gasteiger partial charge on any atom is -0.309 e. The summed E-state index contributed by atoms with van der Waals surface area (Å²) in [5.41, 5.74) is 2.12. The smallest absolute Gasteiger partial charge is 0.0709 e. The van der Waals surface area contributed by atoms with Crippen LogP contribution in [0.15, 0.2) is 54.6 Å². The highest BCUT2D eigenvalue weighted by atomic mass is 127. The Morgan fingerprint density at radius 2 is 0.886 bits per heavy atom. The fourth-order valence-electron chi connectivity index (χ4n) is 6.10. The lowest BCUT2D eigenvalue weighted by Crippen LogP contribution is -2.12. The molecule has 0 aliphatic carbocycles. The third kappa shape index (κ3) is 20.0. The number of fused-ring (bicyclic) bond motifs is 2. The Balaban J connectivity index is 0.000000391. The summed E-state index contributed by atoms with van der Waals surface area (Å²) in [6, 6.07) is 18.6. The third-order valence-electron chi connectivity index (χ3n) is 8.92. The molecule has 0 N–H and O–H groups in total. The predicted molar refractivity (Wildman–Crippen MR) is 207 cm³/mol. The number of aromatic nitrogens is 1. The third-order valence-corrected chi connectivity index (χ3v) is 10.2. The van der Waals surface area contributed by atoms with Gasteiger partial charge in [-0.05, 0) is 58.1 Å². The van der Waals surface area contributed by atoms with Gasteiger partial charge >= 0.3 is 0 Å². The standard InChI is InChI=1S/C28H58IN.C13H9N/c1-4-5-6-7-8-9-10-11-12-13-14-16-19-22-25-28(29)26-23-20-17-15-18-21-24-27-30(2)3;1-3-7-12-10(5-1)9-11-6-2-4-8-13(11)14-12/h28H,4-27H2,1-3H3;1-9H. The number of alkyl halides is 1. The van der Waals surface area contributed by atoms with Crippen molar-refractivity contribution in [1.82, 2.24) is 9.88 Å². The maximum Gasteiger partial charge on any atom is 0.0709 e. The molecule has 0 fully saturated rings. The van der Waals surface area contributed by atoms with Gasteiger partial charge in [-0.3, -0.25) is 0 Å². The Hall–Kier alpha value is -1.20. The van der Waals surface area contributed by atoms with E-state index in [1.54, 1.807) is 0 Å². The van der Waals surface area contributed by atoms with Gasteiger partial charge in [-0.15, -0.1) is 0 Å². The molecule has 3 rings (SSSR count). The monoisotopic (exact) mass is 714 g/mol. The summed E-state index contributed by atoms with van der Waals surface area (Å²) in [4.78, 5) is 6.88. The molecule has 2 aromatic carbocycles. The van der Waals surface area contributed by atoms with Gasteiger partial charge in [0, 0.05) is 14.7 Å². The Labute approximate surface area is 286 Å². The van der Waals surface area contributed by atoms with Gasteiger partial charge < -0.3 is 4.90 Å². The van der Waals surface area contributed by atoms with Crippen LogP contribution >= 0.6 is 22.6 Å². The molecule has 1 atom stereocenters. The molecule has 44 heavy (non-hydrogen) atoms. The zero-order valence-corrected chi connectivity index (χ0v) is 31.2. The second-order valence-corrected chi connectivity index (χ2v) is 15.2. The number of hydrogen-bond donors (Lipinski definition) is 0. The van der Waals surface area contributed by atoms with Crippen LogP contribution in [-0.2, 0) is 0 Å². The van der Waals surface area contributed by atoms with E-state index in [9.17, 15) is 0 Å². The molecule has 3 aromatic rings. The summed E-state index contributed by atoms with van der Waals surface area (Å²) >= 11 is 2.72. The Morgan fingerprint density at radius 1 is 0.523 bits per heavy atom. The van der Waals surface area contributed by atoms with Gasteiger partial charge in [-0.2, -0.15) is 0 Å². The van der Waals surface area contributed by atoms with Crippen molar-refractivity contribution in [3.63, 3.8) is 0 Å². The van der Waals surface area contributed by atoms with Crippen molar-refractivity contribution in [2.45, 2.75) is 159 Å². The van der Waals surface area contributed by atoms with Crippen LogP contribution in [0.2, 0.25) is 0 Å². The predicted octanol–water partition coefficient (Wildman–Crippen LogP) is 13.7. The number of unbranched alkanes of at least 4 members (excludes halogenated alkanes) is 19. The van der Waals surface area contributed by atoms with E-state index in [2.05, 4.69) is 71.7 Å². The van der Waals surface area contributed by atoms with Crippen LogP contribution in [0.25, 0.3) is 21.8 Å². The van der Waals surface area contributed by atoms with Crippen molar-refractivity contribution in [1.29, 1.82) is 0 Å². The van der Waals surface area contributed by atoms with Crippen molar-refractivity contribution in [2.24, 2.45) is 0 Å². The summed E-state index contributed by atoms with van der Waals surface area (Å²) in [6.07, 6.45) is 33.6.